The molecule has 0 heterocycles. The third-order valence-corrected chi connectivity index (χ3v) is 3.20. The van der Waals surface area contributed by atoms with Gasteiger partial charge in [-0.05, 0) is 37.0 Å². The van der Waals surface area contributed by atoms with E-state index in [2.05, 4.69) is 23.9 Å². The van der Waals surface area contributed by atoms with E-state index in [1.54, 1.807) is 6.07 Å². The fourth-order valence-electron chi connectivity index (χ4n) is 2.24. The molecule has 0 amide bonds. The number of hydrogen-bond donors (Lipinski definition) is 2. The third-order valence-electron chi connectivity index (χ3n) is 3.20. The van der Waals surface area contributed by atoms with Gasteiger partial charge >= 0.3 is 0 Å². The van der Waals surface area contributed by atoms with Crippen LogP contribution in [0, 0.1) is 11.7 Å². The van der Waals surface area contributed by atoms with Crippen molar-refractivity contribution in [3.63, 3.8) is 0 Å². The van der Waals surface area contributed by atoms with Gasteiger partial charge in [-0.15, -0.1) is 0 Å². The highest BCUT2D eigenvalue weighted by atomic mass is 19.1. The zero-order valence-corrected chi connectivity index (χ0v) is 11.3. The summed E-state index contributed by atoms with van der Waals surface area (Å²) >= 11 is 0. The van der Waals surface area contributed by atoms with Crippen LogP contribution in [0.4, 0.5) is 10.1 Å². The fourth-order valence-corrected chi connectivity index (χ4v) is 2.24. The van der Waals surface area contributed by atoms with Crippen molar-refractivity contribution in [3.05, 3.63) is 29.6 Å². The molecule has 0 saturated heterocycles. The van der Waals surface area contributed by atoms with Crippen LogP contribution in [0.15, 0.2) is 23.4 Å². The average molecular weight is 265 g/mol. The van der Waals surface area contributed by atoms with E-state index >= 15 is 0 Å². The van der Waals surface area contributed by atoms with E-state index in [1.165, 1.54) is 12.1 Å². The van der Waals surface area contributed by atoms with Crippen molar-refractivity contribution < 1.29 is 9.60 Å². The number of nitrogens with two attached hydrogens (primary N) is 1. The molecule has 0 unspecified atom stereocenters. The number of halogens is 1. The van der Waals surface area contributed by atoms with Crippen LogP contribution in [-0.2, 0) is 0 Å². The van der Waals surface area contributed by atoms with Crippen LogP contribution in [0.2, 0.25) is 0 Å². The molecule has 5 heteroatoms. The lowest BCUT2D eigenvalue weighted by Crippen LogP contribution is -2.32. The van der Waals surface area contributed by atoms with Crippen molar-refractivity contribution in [2.45, 2.75) is 32.7 Å². The van der Waals surface area contributed by atoms with Crippen LogP contribution in [0.5, 0.6) is 0 Å². The summed E-state index contributed by atoms with van der Waals surface area (Å²) in [4.78, 5) is 2.23. The Labute approximate surface area is 112 Å². The van der Waals surface area contributed by atoms with Gasteiger partial charge < -0.3 is 15.8 Å². The molecule has 1 saturated carbocycles. The van der Waals surface area contributed by atoms with Gasteiger partial charge in [0.15, 0.2) is 5.84 Å². The summed E-state index contributed by atoms with van der Waals surface area (Å²) in [5, 5.41) is 11.8. The summed E-state index contributed by atoms with van der Waals surface area (Å²) in [6.07, 6.45) is 2.28. The molecule has 19 heavy (non-hydrogen) atoms. The van der Waals surface area contributed by atoms with Gasteiger partial charge in [0.25, 0.3) is 0 Å². The van der Waals surface area contributed by atoms with E-state index in [4.69, 9.17) is 10.9 Å². The fraction of sp³-hybridized carbons (Fsp3) is 0.500. The molecule has 0 aliphatic heterocycles. The van der Waals surface area contributed by atoms with Crippen molar-refractivity contribution in [1.82, 2.24) is 0 Å². The van der Waals surface area contributed by atoms with E-state index in [-0.39, 0.29) is 11.7 Å². The molecule has 1 aliphatic carbocycles. The maximum atomic E-state index is 13.4. The van der Waals surface area contributed by atoms with Gasteiger partial charge in [0.05, 0.1) is 0 Å². The summed E-state index contributed by atoms with van der Waals surface area (Å²) in [5.74, 6) is 0.0559. The smallest absolute Gasteiger partial charge is 0.172 e. The summed E-state index contributed by atoms with van der Waals surface area (Å²) in [6.45, 7) is 5.16. The predicted molar refractivity (Wildman–Crippen MR) is 74.1 cm³/mol. The lowest BCUT2D eigenvalue weighted by Gasteiger charge is -2.28. The number of nitrogens with zero attached hydrogens (tertiary/aromatic N) is 2. The molecular weight excluding hydrogens is 245 g/mol. The second-order valence-corrected chi connectivity index (χ2v) is 5.42. The lowest BCUT2D eigenvalue weighted by atomic mass is 10.1. The molecule has 0 bridgehead atoms. The molecule has 3 N–H and O–H groups in total. The molecule has 2 rings (SSSR count). The quantitative estimate of drug-likeness (QED) is 0.372. The molecule has 4 nitrogen and oxygen atoms in total. The highest BCUT2D eigenvalue weighted by Gasteiger charge is 2.31. The number of rotatable bonds is 5. The van der Waals surface area contributed by atoms with Crippen molar-refractivity contribution >= 4 is 11.5 Å². The Balaban J connectivity index is 2.40. The van der Waals surface area contributed by atoms with Gasteiger partial charge in [-0.2, -0.15) is 0 Å². The minimum atomic E-state index is -0.384. The highest BCUT2D eigenvalue weighted by Crippen LogP contribution is 2.34. The van der Waals surface area contributed by atoms with E-state index in [1.807, 2.05) is 0 Å². The van der Waals surface area contributed by atoms with E-state index in [0.717, 1.165) is 25.1 Å². The van der Waals surface area contributed by atoms with Crippen LogP contribution < -0.4 is 10.6 Å². The van der Waals surface area contributed by atoms with Crippen molar-refractivity contribution in [2.75, 3.05) is 11.4 Å². The number of benzene rings is 1. The van der Waals surface area contributed by atoms with Crippen molar-refractivity contribution in [3.8, 4) is 0 Å². The van der Waals surface area contributed by atoms with Gasteiger partial charge in [-0.3, -0.25) is 0 Å². The summed E-state index contributed by atoms with van der Waals surface area (Å²) in [5.41, 5.74) is 6.95. The normalized spacial score (nSPS) is 15.9. The van der Waals surface area contributed by atoms with Gasteiger partial charge in [-0.25, -0.2) is 4.39 Å². The first-order valence-electron chi connectivity index (χ1n) is 6.57. The second kappa shape index (κ2) is 5.47. The molecule has 1 fully saturated rings. The third kappa shape index (κ3) is 3.16. The standard InChI is InChI=1S/C14H20FN3O/c1-9(2)8-18(11-4-5-11)13-6-3-10(15)7-12(13)14(16)17-19/h3,6-7,9,11,19H,4-5,8H2,1-2H3,(H2,16,17). The minimum Gasteiger partial charge on any atom is -0.409 e. The topological polar surface area (TPSA) is 61.8 Å². The maximum Gasteiger partial charge on any atom is 0.172 e. The molecule has 1 aromatic carbocycles. The maximum absolute atomic E-state index is 13.4. The number of hydrogen-bond acceptors (Lipinski definition) is 3. The van der Waals surface area contributed by atoms with Crippen molar-refractivity contribution in [1.29, 1.82) is 0 Å². The molecule has 104 valence electrons. The van der Waals surface area contributed by atoms with Gasteiger partial charge in [0.2, 0.25) is 0 Å². The Kier molecular flexibility index (Phi) is 3.93. The Hall–Kier alpha value is -1.78. The number of amidine groups is 1. The second-order valence-electron chi connectivity index (χ2n) is 5.42. The Morgan fingerprint density at radius 1 is 1.53 bits per heavy atom. The molecule has 0 aromatic heterocycles. The van der Waals surface area contributed by atoms with Gasteiger partial charge in [0.1, 0.15) is 5.82 Å². The van der Waals surface area contributed by atoms with Crippen LogP contribution >= 0.6 is 0 Å². The highest BCUT2D eigenvalue weighted by molar-refractivity contribution is 6.02. The van der Waals surface area contributed by atoms with Crippen LogP contribution in [0.3, 0.4) is 0 Å². The van der Waals surface area contributed by atoms with Crippen LogP contribution in [0.1, 0.15) is 32.3 Å². The first-order valence-corrected chi connectivity index (χ1v) is 6.57. The van der Waals surface area contributed by atoms with E-state index in [9.17, 15) is 4.39 Å². The SMILES string of the molecule is CC(C)CN(c1ccc(F)cc1C(N)=NO)C1CC1. The molecule has 0 spiro atoms. The first kappa shape index (κ1) is 13.6. The van der Waals surface area contributed by atoms with Gasteiger partial charge in [-0.1, -0.05) is 19.0 Å². The largest absolute Gasteiger partial charge is 0.409 e. The molecule has 0 atom stereocenters. The molecular formula is C14H20FN3O. The number of oxime groups is 1. The molecule has 0 radical (unpaired) electrons. The zero-order chi connectivity index (χ0) is 14.0. The summed E-state index contributed by atoms with van der Waals surface area (Å²) in [7, 11) is 0. The Morgan fingerprint density at radius 2 is 2.21 bits per heavy atom. The van der Waals surface area contributed by atoms with Crippen LogP contribution in [0.25, 0.3) is 0 Å². The first-order chi connectivity index (χ1) is 9.02. The lowest BCUT2D eigenvalue weighted by molar-refractivity contribution is 0.318. The zero-order valence-electron chi connectivity index (χ0n) is 11.3. The predicted octanol–water partition coefficient (Wildman–Crippen LogP) is 2.55. The molecule has 1 aliphatic rings. The molecule has 1 aromatic rings. The monoisotopic (exact) mass is 265 g/mol. The summed E-state index contributed by atoms with van der Waals surface area (Å²) < 4.78 is 13.4. The van der Waals surface area contributed by atoms with Crippen molar-refractivity contribution in [2.24, 2.45) is 16.8 Å². The minimum absolute atomic E-state index is 0.0519. The Bertz CT molecular complexity index is 484. The van der Waals surface area contributed by atoms with E-state index < -0.39 is 0 Å². The number of anilines is 1. The van der Waals surface area contributed by atoms with Crippen LogP contribution in [-0.4, -0.2) is 23.6 Å². The Morgan fingerprint density at radius 3 is 2.74 bits per heavy atom. The van der Waals surface area contributed by atoms with E-state index in [0.29, 0.717) is 17.5 Å². The van der Waals surface area contributed by atoms with Gasteiger partial charge in [0, 0.05) is 23.8 Å². The summed E-state index contributed by atoms with van der Waals surface area (Å²) in [6, 6.07) is 4.93. The average Bonchev–Trinajstić information content (AvgIpc) is 3.19.